The molecule has 0 N–H and O–H groups in total. The molecule has 0 spiro atoms. The lowest BCUT2D eigenvalue weighted by Gasteiger charge is -2.15. The number of halogens is 1. The molecule has 0 fully saturated rings. The van der Waals surface area contributed by atoms with Gasteiger partial charge in [0.25, 0.3) is 0 Å². The zero-order chi connectivity index (χ0) is 9.10. The third-order valence-electron chi connectivity index (χ3n) is 2.64. The maximum absolute atomic E-state index is 5.24. The number of hydrogen-bond acceptors (Lipinski definition) is 2. The Morgan fingerprint density at radius 1 is 1.07 bits per heavy atom. The molecule has 0 amide bonds. The lowest BCUT2D eigenvalue weighted by atomic mass is 10.0. The molecule has 0 saturated heterocycles. The highest BCUT2D eigenvalue weighted by molar-refractivity contribution is 5.85. The summed E-state index contributed by atoms with van der Waals surface area (Å²) in [7, 11) is 1.75. The van der Waals surface area contributed by atoms with Crippen LogP contribution in [-0.4, -0.2) is 25.3 Å². The van der Waals surface area contributed by atoms with E-state index in [1.165, 1.54) is 11.1 Å². The van der Waals surface area contributed by atoms with Crippen LogP contribution in [0.3, 0.4) is 0 Å². The topological polar surface area (TPSA) is 12.5 Å². The fourth-order valence-electron chi connectivity index (χ4n) is 1.83. The van der Waals surface area contributed by atoms with Crippen LogP contribution in [0.5, 0.6) is 0 Å². The molecule has 78 valence electrons. The van der Waals surface area contributed by atoms with Crippen molar-refractivity contribution >= 4 is 12.4 Å². The summed E-state index contributed by atoms with van der Waals surface area (Å²) in [6.07, 6.45) is 2.20. The molecule has 0 radical (unpaired) electrons. The highest BCUT2D eigenvalue weighted by Gasteiger charge is 2.11. The summed E-state index contributed by atoms with van der Waals surface area (Å²) in [6.45, 7) is 2.01. The number of rotatable bonds is 1. The standard InChI is InChI=1S/C11H15NO.ClH/c1-13-12-8-6-10-4-2-3-5-11(10)7-9-12;/h2-5H,6-9H2,1H3;1H. The molecule has 0 aromatic heterocycles. The van der Waals surface area contributed by atoms with Crippen molar-refractivity contribution in [2.24, 2.45) is 0 Å². The first-order valence-electron chi connectivity index (χ1n) is 4.76. The van der Waals surface area contributed by atoms with Gasteiger partial charge in [0.2, 0.25) is 0 Å². The van der Waals surface area contributed by atoms with Crippen LogP contribution in [0.2, 0.25) is 0 Å². The SMILES string of the molecule is CON1CCc2ccccc2CC1.Cl. The fraction of sp³-hybridized carbons (Fsp3) is 0.455. The van der Waals surface area contributed by atoms with Gasteiger partial charge in [-0.1, -0.05) is 24.3 Å². The van der Waals surface area contributed by atoms with Crippen molar-refractivity contribution in [3.8, 4) is 0 Å². The Labute approximate surface area is 91.2 Å². The van der Waals surface area contributed by atoms with E-state index in [4.69, 9.17) is 4.84 Å². The van der Waals surface area contributed by atoms with Crippen molar-refractivity contribution in [1.29, 1.82) is 0 Å². The van der Waals surface area contributed by atoms with Crippen LogP contribution in [0.1, 0.15) is 11.1 Å². The van der Waals surface area contributed by atoms with Crippen LogP contribution in [0, 0.1) is 0 Å². The maximum atomic E-state index is 5.24. The second-order valence-corrected chi connectivity index (χ2v) is 3.38. The van der Waals surface area contributed by atoms with E-state index in [0.29, 0.717) is 0 Å². The first kappa shape index (κ1) is 11.5. The molecule has 1 aliphatic rings. The molecule has 1 aromatic carbocycles. The lowest BCUT2D eigenvalue weighted by molar-refractivity contribution is -0.127. The molecule has 0 aliphatic carbocycles. The molecular formula is C11H16ClNO. The Balaban J connectivity index is 0.000000980. The third kappa shape index (κ3) is 2.47. The summed E-state index contributed by atoms with van der Waals surface area (Å²) in [5.74, 6) is 0. The number of hydrogen-bond donors (Lipinski definition) is 0. The van der Waals surface area contributed by atoms with Crippen molar-refractivity contribution in [3.05, 3.63) is 35.4 Å². The van der Waals surface area contributed by atoms with Crippen molar-refractivity contribution in [2.45, 2.75) is 12.8 Å². The smallest absolute Gasteiger partial charge is 0.0575 e. The van der Waals surface area contributed by atoms with E-state index in [2.05, 4.69) is 24.3 Å². The first-order valence-corrected chi connectivity index (χ1v) is 4.76. The van der Waals surface area contributed by atoms with Crippen LogP contribution < -0.4 is 0 Å². The van der Waals surface area contributed by atoms with E-state index in [0.717, 1.165) is 25.9 Å². The van der Waals surface area contributed by atoms with Crippen molar-refractivity contribution in [2.75, 3.05) is 20.2 Å². The molecule has 2 rings (SSSR count). The molecule has 14 heavy (non-hydrogen) atoms. The van der Waals surface area contributed by atoms with Gasteiger partial charge in [0.1, 0.15) is 0 Å². The summed E-state index contributed by atoms with van der Waals surface area (Å²) in [6, 6.07) is 8.66. The Morgan fingerprint density at radius 3 is 2.00 bits per heavy atom. The molecule has 1 aromatic rings. The van der Waals surface area contributed by atoms with Gasteiger partial charge in [-0.25, -0.2) is 0 Å². The second-order valence-electron chi connectivity index (χ2n) is 3.38. The Bertz CT molecular complexity index is 263. The average molecular weight is 214 g/mol. The van der Waals surface area contributed by atoms with Gasteiger partial charge in [-0.2, -0.15) is 5.06 Å². The molecule has 1 aliphatic heterocycles. The van der Waals surface area contributed by atoms with Gasteiger partial charge >= 0.3 is 0 Å². The minimum Gasteiger partial charge on any atom is -0.302 e. The lowest BCUT2D eigenvalue weighted by Crippen LogP contribution is -2.24. The monoisotopic (exact) mass is 213 g/mol. The van der Waals surface area contributed by atoms with E-state index in [9.17, 15) is 0 Å². The van der Waals surface area contributed by atoms with E-state index in [1.807, 2.05) is 5.06 Å². The summed E-state index contributed by atoms with van der Waals surface area (Å²) >= 11 is 0. The molecule has 0 atom stereocenters. The number of hydroxylamine groups is 2. The summed E-state index contributed by atoms with van der Waals surface area (Å²) < 4.78 is 0. The normalized spacial score (nSPS) is 16.6. The third-order valence-corrected chi connectivity index (χ3v) is 2.64. The van der Waals surface area contributed by atoms with Gasteiger partial charge in [0.15, 0.2) is 0 Å². The number of fused-ring (bicyclic) bond motifs is 1. The minimum atomic E-state index is 0. The molecule has 0 unspecified atom stereocenters. The number of nitrogens with zero attached hydrogens (tertiary/aromatic N) is 1. The van der Waals surface area contributed by atoms with Crippen LogP contribution in [0.15, 0.2) is 24.3 Å². The zero-order valence-electron chi connectivity index (χ0n) is 8.40. The van der Waals surface area contributed by atoms with Crippen LogP contribution in [-0.2, 0) is 17.7 Å². The summed E-state index contributed by atoms with van der Waals surface area (Å²) in [5, 5.41) is 2.03. The molecule has 2 nitrogen and oxygen atoms in total. The second kappa shape index (κ2) is 5.35. The molecule has 0 saturated carbocycles. The Morgan fingerprint density at radius 2 is 1.57 bits per heavy atom. The van der Waals surface area contributed by atoms with Gasteiger partial charge in [-0.05, 0) is 24.0 Å². The van der Waals surface area contributed by atoms with E-state index < -0.39 is 0 Å². The predicted molar refractivity (Wildman–Crippen MR) is 59.7 cm³/mol. The quantitative estimate of drug-likeness (QED) is 0.708. The highest BCUT2D eigenvalue weighted by atomic mass is 35.5. The van der Waals surface area contributed by atoms with Crippen LogP contribution in [0.4, 0.5) is 0 Å². The van der Waals surface area contributed by atoms with E-state index in [-0.39, 0.29) is 12.4 Å². The molecule has 0 bridgehead atoms. The maximum Gasteiger partial charge on any atom is 0.0575 e. The first-order chi connectivity index (χ1) is 6.40. The van der Waals surface area contributed by atoms with Gasteiger partial charge in [0.05, 0.1) is 7.11 Å². The zero-order valence-corrected chi connectivity index (χ0v) is 9.22. The van der Waals surface area contributed by atoms with Crippen molar-refractivity contribution in [1.82, 2.24) is 5.06 Å². The average Bonchev–Trinajstić information content (AvgIpc) is 2.39. The van der Waals surface area contributed by atoms with Crippen LogP contribution >= 0.6 is 12.4 Å². The van der Waals surface area contributed by atoms with Gasteiger partial charge in [-0.15, -0.1) is 12.4 Å². The fourth-order valence-corrected chi connectivity index (χ4v) is 1.83. The summed E-state index contributed by atoms with van der Waals surface area (Å²) in [4.78, 5) is 5.24. The number of benzene rings is 1. The van der Waals surface area contributed by atoms with E-state index >= 15 is 0 Å². The highest BCUT2D eigenvalue weighted by Crippen LogP contribution is 2.14. The predicted octanol–water partition coefficient (Wildman–Crippen LogP) is 2.07. The molecular weight excluding hydrogens is 198 g/mol. The van der Waals surface area contributed by atoms with Crippen molar-refractivity contribution in [3.63, 3.8) is 0 Å². The Hall–Kier alpha value is -0.570. The minimum absolute atomic E-state index is 0. The van der Waals surface area contributed by atoms with Gasteiger partial charge in [-0.3, -0.25) is 0 Å². The molecule has 1 heterocycles. The summed E-state index contributed by atoms with van der Waals surface area (Å²) in [5.41, 5.74) is 2.95. The van der Waals surface area contributed by atoms with E-state index in [1.54, 1.807) is 7.11 Å². The Kier molecular flexibility index (Phi) is 4.39. The van der Waals surface area contributed by atoms with Crippen molar-refractivity contribution < 1.29 is 4.84 Å². The van der Waals surface area contributed by atoms with Gasteiger partial charge in [0, 0.05) is 13.1 Å². The van der Waals surface area contributed by atoms with Gasteiger partial charge < -0.3 is 4.84 Å². The molecule has 3 heteroatoms. The largest absolute Gasteiger partial charge is 0.302 e. The van der Waals surface area contributed by atoms with Crippen LogP contribution in [0.25, 0.3) is 0 Å².